The lowest BCUT2D eigenvalue weighted by Gasteiger charge is -2.06. The molecule has 0 radical (unpaired) electrons. The molecule has 0 atom stereocenters. The third kappa shape index (κ3) is 2.14. The van der Waals surface area contributed by atoms with Crippen LogP contribution in [0.15, 0.2) is 28.9 Å². The standard InChI is InChI=1S/C13H13BrN2/c1-8-5-4-6-11(7-8)13-15-10(3)9(2)12(14)16-13/h4-7H,1-3H3. The molecule has 2 aromatic rings. The van der Waals surface area contributed by atoms with Crippen molar-refractivity contribution in [1.29, 1.82) is 0 Å². The maximum Gasteiger partial charge on any atom is 0.160 e. The lowest BCUT2D eigenvalue weighted by atomic mass is 10.1. The highest BCUT2D eigenvalue weighted by Crippen LogP contribution is 2.22. The highest BCUT2D eigenvalue weighted by Gasteiger charge is 2.07. The van der Waals surface area contributed by atoms with Crippen LogP contribution >= 0.6 is 15.9 Å². The quantitative estimate of drug-likeness (QED) is 0.740. The zero-order valence-corrected chi connectivity index (χ0v) is 11.2. The maximum absolute atomic E-state index is 4.50. The SMILES string of the molecule is Cc1cccc(-c2nc(C)c(C)c(Br)n2)c1. The van der Waals surface area contributed by atoms with E-state index in [4.69, 9.17) is 0 Å². The van der Waals surface area contributed by atoms with Crippen LogP contribution < -0.4 is 0 Å². The minimum absolute atomic E-state index is 0.777. The monoisotopic (exact) mass is 276 g/mol. The Morgan fingerprint density at radius 3 is 2.44 bits per heavy atom. The molecule has 0 saturated heterocycles. The molecule has 2 rings (SSSR count). The van der Waals surface area contributed by atoms with Crippen LogP contribution in [-0.4, -0.2) is 9.97 Å². The first-order chi connectivity index (χ1) is 7.58. The van der Waals surface area contributed by atoms with E-state index in [2.05, 4.69) is 45.0 Å². The molecular weight excluding hydrogens is 264 g/mol. The summed E-state index contributed by atoms with van der Waals surface area (Å²) < 4.78 is 0.872. The molecule has 0 fully saturated rings. The van der Waals surface area contributed by atoms with E-state index in [1.165, 1.54) is 5.56 Å². The second-order valence-corrected chi connectivity index (χ2v) is 4.67. The predicted octanol–water partition coefficient (Wildman–Crippen LogP) is 3.83. The van der Waals surface area contributed by atoms with Gasteiger partial charge in [-0.05, 0) is 42.8 Å². The Kier molecular flexibility index (Phi) is 3.06. The van der Waals surface area contributed by atoms with Gasteiger partial charge in [-0.25, -0.2) is 9.97 Å². The normalized spacial score (nSPS) is 10.5. The van der Waals surface area contributed by atoms with Gasteiger partial charge in [0.25, 0.3) is 0 Å². The molecule has 0 amide bonds. The van der Waals surface area contributed by atoms with Crippen LogP contribution in [0, 0.1) is 20.8 Å². The van der Waals surface area contributed by atoms with Gasteiger partial charge in [-0.15, -0.1) is 0 Å². The molecule has 0 aliphatic carbocycles. The van der Waals surface area contributed by atoms with Crippen LogP contribution in [0.5, 0.6) is 0 Å². The summed E-state index contributed by atoms with van der Waals surface area (Å²) >= 11 is 3.46. The lowest BCUT2D eigenvalue weighted by molar-refractivity contribution is 1.05. The van der Waals surface area contributed by atoms with E-state index in [0.29, 0.717) is 0 Å². The van der Waals surface area contributed by atoms with Gasteiger partial charge in [0, 0.05) is 16.8 Å². The third-order valence-corrected chi connectivity index (χ3v) is 3.38. The van der Waals surface area contributed by atoms with Crippen molar-refractivity contribution in [1.82, 2.24) is 9.97 Å². The largest absolute Gasteiger partial charge is 0.233 e. The van der Waals surface area contributed by atoms with E-state index in [1.54, 1.807) is 0 Å². The zero-order chi connectivity index (χ0) is 11.7. The highest BCUT2D eigenvalue weighted by molar-refractivity contribution is 9.10. The van der Waals surface area contributed by atoms with Gasteiger partial charge >= 0.3 is 0 Å². The molecule has 0 saturated carbocycles. The van der Waals surface area contributed by atoms with Gasteiger partial charge in [0.1, 0.15) is 4.60 Å². The molecule has 1 heterocycles. The molecular formula is C13H13BrN2. The van der Waals surface area contributed by atoms with Crippen molar-refractivity contribution in [2.75, 3.05) is 0 Å². The molecule has 0 unspecified atom stereocenters. The van der Waals surface area contributed by atoms with Gasteiger partial charge in [-0.1, -0.05) is 23.8 Å². The van der Waals surface area contributed by atoms with Gasteiger partial charge in [0.05, 0.1) is 0 Å². The van der Waals surface area contributed by atoms with Crippen LogP contribution in [-0.2, 0) is 0 Å². The van der Waals surface area contributed by atoms with Crippen LogP contribution in [0.4, 0.5) is 0 Å². The average Bonchev–Trinajstić information content (AvgIpc) is 2.25. The van der Waals surface area contributed by atoms with E-state index in [0.717, 1.165) is 27.2 Å². The minimum atomic E-state index is 0.777. The molecule has 3 heteroatoms. The first kappa shape index (κ1) is 11.3. The summed E-state index contributed by atoms with van der Waals surface area (Å²) in [5.74, 6) is 0.777. The van der Waals surface area contributed by atoms with Gasteiger partial charge in [0.2, 0.25) is 0 Å². The average molecular weight is 277 g/mol. The second-order valence-electron chi connectivity index (χ2n) is 3.92. The van der Waals surface area contributed by atoms with Crippen LogP contribution in [0.25, 0.3) is 11.4 Å². The third-order valence-electron chi connectivity index (χ3n) is 2.61. The smallest absolute Gasteiger partial charge is 0.160 e. The maximum atomic E-state index is 4.50. The number of aryl methyl sites for hydroxylation is 2. The number of rotatable bonds is 1. The van der Waals surface area contributed by atoms with Gasteiger partial charge in [0.15, 0.2) is 5.82 Å². The molecule has 82 valence electrons. The Morgan fingerprint density at radius 1 is 1.06 bits per heavy atom. The summed E-state index contributed by atoms with van der Waals surface area (Å²) in [6.07, 6.45) is 0. The number of hydrogen-bond acceptors (Lipinski definition) is 2. The molecule has 1 aromatic carbocycles. The Morgan fingerprint density at radius 2 is 1.81 bits per heavy atom. The van der Waals surface area contributed by atoms with Crippen molar-refractivity contribution < 1.29 is 0 Å². The van der Waals surface area contributed by atoms with Crippen molar-refractivity contribution in [3.63, 3.8) is 0 Å². The summed E-state index contributed by atoms with van der Waals surface area (Å²) in [5.41, 5.74) is 4.38. The highest BCUT2D eigenvalue weighted by atomic mass is 79.9. The summed E-state index contributed by atoms with van der Waals surface area (Å²) in [4.78, 5) is 8.95. The summed E-state index contributed by atoms with van der Waals surface area (Å²) in [6, 6.07) is 8.22. The van der Waals surface area contributed by atoms with E-state index in [9.17, 15) is 0 Å². The number of benzene rings is 1. The first-order valence-corrected chi connectivity index (χ1v) is 5.95. The fourth-order valence-electron chi connectivity index (χ4n) is 1.51. The first-order valence-electron chi connectivity index (χ1n) is 5.15. The fourth-order valence-corrected chi connectivity index (χ4v) is 1.96. The van der Waals surface area contributed by atoms with Crippen molar-refractivity contribution in [3.05, 3.63) is 45.7 Å². The van der Waals surface area contributed by atoms with Crippen LogP contribution in [0.2, 0.25) is 0 Å². The Balaban J connectivity index is 2.57. The number of nitrogens with zero attached hydrogens (tertiary/aromatic N) is 2. The predicted molar refractivity (Wildman–Crippen MR) is 69.4 cm³/mol. The van der Waals surface area contributed by atoms with Crippen LogP contribution in [0.1, 0.15) is 16.8 Å². The van der Waals surface area contributed by atoms with E-state index in [-0.39, 0.29) is 0 Å². The molecule has 2 nitrogen and oxygen atoms in total. The molecule has 0 bridgehead atoms. The minimum Gasteiger partial charge on any atom is -0.233 e. The Bertz CT molecular complexity index is 512. The number of halogens is 1. The molecule has 0 N–H and O–H groups in total. The molecule has 0 aliphatic heterocycles. The van der Waals surface area contributed by atoms with E-state index >= 15 is 0 Å². The Hall–Kier alpha value is -1.22. The van der Waals surface area contributed by atoms with Crippen molar-refractivity contribution in [3.8, 4) is 11.4 Å². The second kappa shape index (κ2) is 4.34. The Labute approximate surface area is 104 Å². The topological polar surface area (TPSA) is 25.8 Å². The summed E-state index contributed by atoms with van der Waals surface area (Å²) in [6.45, 7) is 6.08. The van der Waals surface area contributed by atoms with Crippen LogP contribution in [0.3, 0.4) is 0 Å². The summed E-state index contributed by atoms with van der Waals surface area (Å²) in [5, 5.41) is 0. The fraction of sp³-hybridized carbons (Fsp3) is 0.231. The molecule has 0 aliphatic rings. The summed E-state index contributed by atoms with van der Waals surface area (Å²) in [7, 11) is 0. The van der Waals surface area contributed by atoms with Crippen molar-refractivity contribution in [2.45, 2.75) is 20.8 Å². The van der Waals surface area contributed by atoms with E-state index < -0.39 is 0 Å². The molecule has 0 spiro atoms. The zero-order valence-electron chi connectivity index (χ0n) is 9.58. The van der Waals surface area contributed by atoms with Gasteiger partial charge in [-0.2, -0.15) is 0 Å². The van der Waals surface area contributed by atoms with Crippen molar-refractivity contribution in [2.24, 2.45) is 0 Å². The van der Waals surface area contributed by atoms with Gasteiger partial charge in [-0.3, -0.25) is 0 Å². The molecule has 1 aromatic heterocycles. The van der Waals surface area contributed by atoms with E-state index in [1.807, 2.05) is 26.0 Å². The molecule has 16 heavy (non-hydrogen) atoms. The lowest BCUT2D eigenvalue weighted by Crippen LogP contribution is -1.96. The van der Waals surface area contributed by atoms with Crippen molar-refractivity contribution >= 4 is 15.9 Å². The number of hydrogen-bond donors (Lipinski definition) is 0. The number of aromatic nitrogens is 2. The van der Waals surface area contributed by atoms with Gasteiger partial charge < -0.3 is 0 Å².